The van der Waals surface area contributed by atoms with Crippen LogP contribution in [-0.2, 0) is 0 Å². The van der Waals surface area contributed by atoms with Crippen LogP contribution < -0.4 is 0 Å². The first-order valence-electron chi connectivity index (χ1n) is 9.94. The zero-order chi connectivity index (χ0) is 14.7. The number of aliphatic hydroxyl groups excluding tert-OH is 1. The molecule has 1 heteroatoms. The van der Waals surface area contributed by atoms with Crippen LogP contribution >= 0.6 is 0 Å². The molecule has 1 N–H and O–H groups in total. The molecule has 0 amide bonds. The SMILES string of the molecule is CC[C@H]1CC[C@H](C2CCC([C@H]3CCC[C@@H](O)C3)CC2)CC1. The van der Waals surface area contributed by atoms with Crippen molar-refractivity contribution in [2.24, 2.45) is 29.6 Å². The lowest BCUT2D eigenvalue weighted by molar-refractivity contribution is 0.0555. The van der Waals surface area contributed by atoms with Crippen molar-refractivity contribution < 1.29 is 5.11 Å². The minimum absolute atomic E-state index is 0.0193. The van der Waals surface area contributed by atoms with E-state index in [0.29, 0.717) is 0 Å². The minimum atomic E-state index is 0.0193. The molecule has 2 atom stereocenters. The summed E-state index contributed by atoms with van der Waals surface area (Å²) in [5, 5.41) is 9.91. The maximum atomic E-state index is 9.91. The van der Waals surface area contributed by atoms with Gasteiger partial charge in [0.05, 0.1) is 6.10 Å². The molecule has 122 valence electrons. The van der Waals surface area contributed by atoms with Crippen LogP contribution in [0.5, 0.6) is 0 Å². The summed E-state index contributed by atoms with van der Waals surface area (Å²) < 4.78 is 0. The Morgan fingerprint density at radius 1 is 0.667 bits per heavy atom. The molecular weight excluding hydrogens is 256 g/mol. The number of aliphatic hydroxyl groups is 1. The topological polar surface area (TPSA) is 20.2 Å². The summed E-state index contributed by atoms with van der Waals surface area (Å²) in [4.78, 5) is 0. The molecule has 0 aromatic rings. The highest BCUT2D eigenvalue weighted by atomic mass is 16.3. The Kier molecular flexibility index (Phi) is 5.65. The first-order valence-corrected chi connectivity index (χ1v) is 9.94. The number of hydrogen-bond acceptors (Lipinski definition) is 1. The Labute approximate surface area is 131 Å². The Morgan fingerprint density at radius 2 is 1.19 bits per heavy atom. The zero-order valence-corrected chi connectivity index (χ0v) is 14.1. The molecule has 0 aliphatic heterocycles. The van der Waals surface area contributed by atoms with Gasteiger partial charge in [0, 0.05) is 0 Å². The first kappa shape index (κ1) is 15.8. The fourth-order valence-corrected chi connectivity index (χ4v) is 5.78. The summed E-state index contributed by atoms with van der Waals surface area (Å²) >= 11 is 0. The van der Waals surface area contributed by atoms with Crippen LogP contribution in [0.25, 0.3) is 0 Å². The lowest BCUT2D eigenvalue weighted by Crippen LogP contribution is -2.31. The van der Waals surface area contributed by atoms with E-state index in [1.54, 1.807) is 0 Å². The third-order valence-corrected chi connectivity index (χ3v) is 7.31. The molecule has 0 saturated heterocycles. The average Bonchev–Trinajstić information content (AvgIpc) is 2.55. The molecule has 0 spiro atoms. The van der Waals surface area contributed by atoms with E-state index >= 15 is 0 Å². The van der Waals surface area contributed by atoms with Gasteiger partial charge in [-0.15, -0.1) is 0 Å². The molecule has 3 aliphatic rings. The first-order chi connectivity index (χ1) is 10.3. The molecule has 3 fully saturated rings. The van der Waals surface area contributed by atoms with Crippen molar-refractivity contribution in [1.29, 1.82) is 0 Å². The van der Waals surface area contributed by atoms with E-state index in [0.717, 1.165) is 42.4 Å². The highest BCUT2D eigenvalue weighted by molar-refractivity contribution is 4.85. The monoisotopic (exact) mass is 292 g/mol. The molecular formula is C20H36O. The quantitative estimate of drug-likeness (QED) is 0.722. The summed E-state index contributed by atoms with van der Waals surface area (Å²) in [5.41, 5.74) is 0. The number of hydrogen-bond donors (Lipinski definition) is 1. The van der Waals surface area contributed by atoms with E-state index in [1.165, 1.54) is 70.6 Å². The van der Waals surface area contributed by atoms with Crippen LogP contribution in [0.15, 0.2) is 0 Å². The van der Waals surface area contributed by atoms with Crippen molar-refractivity contribution >= 4 is 0 Å². The Hall–Kier alpha value is -0.0400. The molecule has 3 rings (SSSR count). The van der Waals surface area contributed by atoms with Crippen molar-refractivity contribution in [3.8, 4) is 0 Å². The van der Waals surface area contributed by atoms with E-state index in [9.17, 15) is 5.11 Å². The summed E-state index contributed by atoms with van der Waals surface area (Å²) in [6.07, 6.45) is 18.3. The molecule has 1 nitrogen and oxygen atoms in total. The van der Waals surface area contributed by atoms with Crippen molar-refractivity contribution in [1.82, 2.24) is 0 Å². The van der Waals surface area contributed by atoms with E-state index in [-0.39, 0.29) is 6.10 Å². The summed E-state index contributed by atoms with van der Waals surface area (Å²) in [6, 6.07) is 0. The van der Waals surface area contributed by atoms with Gasteiger partial charge in [-0.05, 0) is 87.4 Å². The van der Waals surface area contributed by atoms with E-state index in [2.05, 4.69) is 6.92 Å². The van der Waals surface area contributed by atoms with E-state index in [4.69, 9.17) is 0 Å². The molecule has 0 aromatic carbocycles. The van der Waals surface area contributed by atoms with Crippen molar-refractivity contribution in [2.75, 3.05) is 0 Å². The second-order valence-electron chi connectivity index (χ2n) is 8.44. The standard InChI is InChI=1S/C20H36O/c1-2-15-6-8-16(9-7-15)17-10-12-18(13-11-17)19-4-3-5-20(21)14-19/h15-21H,2-14H2,1H3/t15-,16-,17?,18?,19-,20+/m0/s1. The summed E-state index contributed by atoms with van der Waals surface area (Å²) in [5.74, 6) is 4.95. The molecule has 21 heavy (non-hydrogen) atoms. The van der Waals surface area contributed by atoms with Gasteiger partial charge in [0.2, 0.25) is 0 Å². The smallest absolute Gasteiger partial charge is 0.0543 e. The maximum Gasteiger partial charge on any atom is 0.0543 e. The largest absolute Gasteiger partial charge is 0.393 e. The highest BCUT2D eigenvalue weighted by Crippen LogP contribution is 2.45. The third kappa shape index (κ3) is 4.03. The van der Waals surface area contributed by atoms with Gasteiger partial charge in [-0.3, -0.25) is 0 Å². The lowest BCUT2D eigenvalue weighted by Gasteiger charge is -2.41. The van der Waals surface area contributed by atoms with Gasteiger partial charge in [0.25, 0.3) is 0 Å². The van der Waals surface area contributed by atoms with Crippen molar-refractivity contribution in [3.63, 3.8) is 0 Å². The summed E-state index contributed by atoms with van der Waals surface area (Å²) in [7, 11) is 0. The van der Waals surface area contributed by atoms with Crippen LogP contribution in [0.2, 0.25) is 0 Å². The molecule has 0 radical (unpaired) electrons. The molecule has 0 bridgehead atoms. The predicted octanol–water partition coefficient (Wildman–Crippen LogP) is 5.56. The maximum absolute atomic E-state index is 9.91. The Bertz CT molecular complexity index is 297. The van der Waals surface area contributed by atoms with Gasteiger partial charge in [0.1, 0.15) is 0 Å². The zero-order valence-electron chi connectivity index (χ0n) is 14.1. The molecule has 0 heterocycles. The van der Waals surface area contributed by atoms with Crippen LogP contribution in [-0.4, -0.2) is 11.2 Å². The van der Waals surface area contributed by atoms with Gasteiger partial charge < -0.3 is 5.11 Å². The van der Waals surface area contributed by atoms with Gasteiger partial charge >= 0.3 is 0 Å². The summed E-state index contributed by atoms with van der Waals surface area (Å²) in [6.45, 7) is 2.37. The second-order valence-corrected chi connectivity index (χ2v) is 8.44. The van der Waals surface area contributed by atoms with Crippen molar-refractivity contribution in [2.45, 2.75) is 96.5 Å². The fraction of sp³-hybridized carbons (Fsp3) is 1.00. The van der Waals surface area contributed by atoms with Crippen LogP contribution in [0, 0.1) is 29.6 Å². The van der Waals surface area contributed by atoms with E-state index < -0.39 is 0 Å². The molecule has 0 unspecified atom stereocenters. The average molecular weight is 293 g/mol. The van der Waals surface area contributed by atoms with Gasteiger partial charge in [-0.25, -0.2) is 0 Å². The Morgan fingerprint density at radius 3 is 1.71 bits per heavy atom. The lowest BCUT2D eigenvalue weighted by atomic mass is 9.65. The molecule has 3 aliphatic carbocycles. The number of rotatable bonds is 3. The molecule has 0 aromatic heterocycles. The molecule has 3 saturated carbocycles. The third-order valence-electron chi connectivity index (χ3n) is 7.31. The normalized spacial score (nSPS) is 45.4. The van der Waals surface area contributed by atoms with Gasteiger partial charge in [-0.2, -0.15) is 0 Å². The van der Waals surface area contributed by atoms with Gasteiger partial charge in [-0.1, -0.05) is 32.6 Å². The van der Waals surface area contributed by atoms with Crippen LogP contribution in [0.3, 0.4) is 0 Å². The van der Waals surface area contributed by atoms with Gasteiger partial charge in [0.15, 0.2) is 0 Å². The fourth-order valence-electron chi connectivity index (χ4n) is 5.78. The van der Waals surface area contributed by atoms with E-state index in [1.807, 2.05) is 0 Å². The second kappa shape index (κ2) is 7.49. The van der Waals surface area contributed by atoms with Crippen LogP contribution in [0.1, 0.15) is 90.4 Å². The van der Waals surface area contributed by atoms with Crippen LogP contribution in [0.4, 0.5) is 0 Å². The predicted molar refractivity (Wildman–Crippen MR) is 89.2 cm³/mol. The van der Waals surface area contributed by atoms with Crippen molar-refractivity contribution in [3.05, 3.63) is 0 Å². The minimum Gasteiger partial charge on any atom is -0.393 e. The highest BCUT2D eigenvalue weighted by Gasteiger charge is 2.34. The Balaban J connectivity index is 1.43.